The number of alkyl halides is 1. The van der Waals surface area contributed by atoms with Crippen LogP contribution in [0.1, 0.15) is 29.7 Å². The van der Waals surface area contributed by atoms with E-state index in [0.29, 0.717) is 39.0 Å². The average molecular weight is 392 g/mol. The summed E-state index contributed by atoms with van der Waals surface area (Å²) < 4.78 is 28.4. The summed E-state index contributed by atoms with van der Waals surface area (Å²) in [4.78, 5) is 6.35. The number of halogens is 3. The lowest BCUT2D eigenvalue weighted by Crippen LogP contribution is -2.46. The van der Waals surface area contributed by atoms with Crippen LogP contribution in [0.15, 0.2) is 43.1 Å². The van der Waals surface area contributed by atoms with Crippen LogP contribution in [0.3, 0.4) is 0 Å². The van der Waals surface area contributed by atoms with E-state index in [2.05, 4.69) is 16.9 Å². The summed E-state index contributed by atoms with van der Waals surface area (Å²) >= 11 is 5.85. The molecule has 6 heteroatoms. The lowest BCUT2D eigenvalue weighted by atomic mass is 9.92. The largest absolute Gasteiger partial charge is 0.371 e. The van der Waals surface area contributed by atoms with Crippen molar-refractivity contribution in [2.24, 2.45) is 0 Å². The molecule has 2 heterocycles. The van der Waals surface area contributed by atoms with Crippen LogP contribution in [0.2, 0.25) is 5.02 Å². The van der Waals surface area contributed by atoms with Crippen LogP contribution in [0.5, 0.6) is 0 Å². The van der Waals surface area contributed by atoms with Gasteiger partial charge in [-0.05, 0) is 42.3 Å². The number of piperidine rings is 1. The fourth-order valence-electron chi connectivity index (χ4n) is 3.23. The number of hydrogen-bond donors (Lipinski definition) is 1. The highest BCUT2D eigenvalue weighted by molar-refractivity contribution is 6.30. The molecule has 0 saturated carbocycles. The van der Waals surface area contributed by atoms with E-state index in [9.17, 15) is 4.39 Å². The quantitative estimate of drug-likeness (QED) is 0.770. The van der Waals surface area contributed by atoms with Crippen LogP contribution in [-0.2, 0) is 6.54 Å². The molecule has 0 atom stereocenters. The van der Waals surface area contributed by atoms with Gasteiger partial charge >= 0.3 is 0 Å². The molecule has 1 N–H and O–H groups in total. The number of pyridine rings is 1. The van der Waals surface area contributed by atoms with Crippen molar-refractivity contribution in [3.63, 3.8) is 0 Å². The lowest BCUT2D eigenvalue weighted by molar-refractivity contribution is 0.0801. The van der Waals surface area contributed by atoms with Gasteiger partial charge in [0.25, 0.3) is 0 Å². The second-order valence-electron chi connectivity index (χ2n) is 7.14. The molecule has 1 aromatic heterocycles. The van der Waals surface area contributed by atoms with Gasteiger partial charge in [-0.1, -0.05) is 24.2 Å². The van der Waals surface area contributed by atoms with Gasteiger partial charge in [0.15, 0.2) is 0 Å². The Morgan fingerprint density at radius 2 is 2.04 bits per heavy atom. The van der Waals surface area contributed by atoms with Gasteiger partial charge in [-0.2, -0.15) is 0 Å². The van der Waals surface area contributed by atoms with Gasteiger partial charge in [-0.15, -0.1) is 0 Å². The van der Waals surface area contributed by atoms with E-state index >= 15 is 4.39 Å². The van der Waals surface area contributed by atoms with Crippen molar-refractivity contribution in [1.82, 2.24) is 15.2 Å². The molecule has 1 aromatic carbocycles. The normalized spacial score (nSPS) is 16.4. The number of nitrogens with zero attached hydrogens (tertiary/aromatic N) is 2. The van der Waals surface area contributed by atoms with Crippen molar-refractivity contribution >= 4 is 17.3 Å². The Bertz CT molecular complexity index is 800. The Balaban J connectivity index is 1.50. The van der Waals surface area contributed by atoms with E-state index in [1.165, 1.54) is 6.07 Å². The van der Waals surface area contributed by atoms with Crippen molar-refractivity contribution in [1.29, 1.82) is 0 Å². The Morgan fingerprint density at radius 1 is 1.30 bits per heavy atom. The highest BCUT2D eigenvalue weighted by Crippen LogP contribution is 2.31. The third-order valence-electron chi connectivity index (χ3n) is 5.01. The van der Waals surface area contributed by atoms with Crippen LogP contribution >= 0.6 is 11.6 Å². The maximum absolute atomic E-state index is 15.1. The molecule has 0 bridgehead atoms. The van der Waals surface area contributed by atoms with E-state index in [0.717, 1.165) is 22.5 Å². The van der Waals surface area contributed by atoms with Crippen LogP contribution in [0, 0.1) is 12.7 Å². The highest BCUT2D eigenvalue weighted by Gasteiger charge is 2.34. The molecule has 27 heavy (non-hydrogen) atoms. The average Bonchev–Trinajstić information content (AvgIpc) is 2.66. The molecule has 3 rings (SSSR count). The second-order valence-corrected chi connectivity index (χ2v) is 7.55. The van der Waals surface area contributed by atoms with Gasteiger partial charge in [0.2, 0.25) is 0 Å². The molecule has 0 radical (unpaired) electrons. The lowest BCUT2D eigenvalue weighted by Gasteiger charge is -2.38. The van der Waals surface area contributed by atoms with Crippen molar-refractivity contribution in [2.45, 2.75) is 32.0 Å². The third kappa shape index (κ3) is 5.05. The van der Waals surface area contributed by atoms with E-state index in [1.54, 1.807) is 12.1 Å². The Hall–Kier alpha value is -1.98. The maximum Gasteiger partial charge on any atom is 0.141 e. The standard InChI is InChI=1S/C21H24ClF2N3/c1-15-3-5-18(26-12-15)13-25-14-21(24)7-9-27(10-8-21)16(2)17-4-6-20(23)19(22)11-17/h3-6,11-12,25H,2,7-10,13-14H2,1H3. The maximum atomic E-state index is 15.1. The molecule has 0 spiro atoms. The summed E-state index contributed by atoms with van der Waals surface area (Å²) in [6.45, 7) is 8.04. The fourth-order valence-corrected chi connectivity index (χ4v) is 3.41. The molecular formula is C21H24ClF2N3. The molecule has 0 amide bonds. The van der Waals surface area contributed by atoms with Crippen LogP contribution in [0.25, 0.3) is 5.70 Å². The predicted molar refractivity (Wildman–Crippen MR) is 106 cm³/mol. The molecule has 1 saturated heterocycles. The molecule has 3 nitrogen and oxygen atoms in total. The minimum absolute atomic E-state index is 0.0689. The summed E-state index contributed by atoms with van der Waals surface area (Å²) in [5, 5.41) is 3.25. The van der Waals surface area contributed by atoms with Crippen LogP contribution in [0.4, 0.5) is 8.78 Å². The third-order valence-corrected chi connectivity index (χ3v) is 5.30. The van der Waals surface area contributed by atoms with Crippen molar-refractivity contribution in [3.05, 3.63) is 70.8 Å². The molecular weight excluding hydrogens is 368 g/mol. The molecule has 1 aliphatic heterocycles. The first-order valence-electron chi connectivity index (χ1n) is 9.07. The van der Waals surface area contributed by atoms with Gasteiger partial charge in [-0.3, -0.25) is 4.98 Å². The molecule has 1 aliphatic rings. The summed E-state index contributed by atoms with van der Waals surface area (Å²) in [6.07, 6.45) is 2.64. The SMILES string of the molecule is C=C(c1ccc(F)c(Cl)c1)N1CCC(F)(CNCc2ccc(C)cn2)CC1. The minimum Gasteiger partial charge on any atom is -0.371 e. The summed E-state index contributed by atoms with van der Waals surface area (Å²) in [5.74, 6) is -0.455. The topological polar surface area (TPSA) is 28.2 Å². The minimum atomic E-state index is -1.25. The Kier molecular flexibility index (Phi) is 6.12. The zero-order valence-corrected chi connectivity index (χ0v) is 16.2. The number of likely N-dealkylation sites (tertiary alicyclic amines) is 1. The monoisotopic (exact) mass is 391 g/mol. The molecule has 1 fully saturated rings. The number of nitrogens with one attached hydrogen (secondary N) is 1. The van der Waals surface area contributed by atoms with Crippen LogP contribution < -0.4 is 5.32 Å². The van der Waals surface area contributed by atoms with Gasteiger partial charge in [0, 0.05) is 50.9 Å². The molecule has 0 unspecified atom stereocenters. The number of aromatic nitrogens is 1. The second kappa shape index (κ2) is 8.36. The van der Waals surface area contributed by atoms with Crippen molar-refractivity contribution < 1.29 is 8.78 Å². The highest BCUT2D eigenvalue weighted by atomic mass is 35.5. The number of benzene rings is 1. The number of hydrogen-bond acceptors (Lipinski definition) is 3. The smallest absolute Gasteiger partial charge is 0.141 e. The number of aryl methyl sites for hydroxylation is 1. The van der Waals surface area contributed by atoms with E-state index in [4.69, 9.17) is 11.6 Å². The van der Waals surface area contributed by atoms with E-state index < -0.39 is 11.5 Å². The molecule has 144 valence electrons. The van der Waals surface area contributed by atoms with Gasteiger partial charge < -0.3 is 10.2 Å². The van der Waals surface area contributed by atoms with E-state index in [1.807, 2.05) is 30.2 Å². The summed E-state index contributed by atoms with van der Waals surface area (Å²) in [7, 11) is 0. The first-order chi connectivity index (χ1) is 12.9. The van der Waals surface area contributed by atoms with Crippen molar-refractivity contribution in [3.8, 4) is 0 Å². The zero-order chi connectivity index (χ0) is 19.4. The Morgan fingerprint density at radius 3 is 2.67 bits per heavy atom. The van der Waals surface area contributed by atoms with Crippen molar-refractivity contribution in [2.75, 3.05) is 19.6 Å². The van der Waals surface area contributed by atoms with Gasteiger partial charge in [-0.25, -0.2) is 8.78 Å². The number of rotatable bonds is 6. The van der Waals surface area contributed by atoms with Crippen LogP contribution in [-0.4, -0.2) is 35.2 Å². The molecule has 0 aliphatic carbocycles. The zero-order valence-electron chi connectivity index (χ0n) is 15.4. The predicted octanol–water partition coefficient (Wildman–Crippen LogP) is 4.75. The van der Waals surface area contributed by atoms with E-state index in [-0.39, 0.29) is 5.02 Å². The van der Waals surface area contributed by atoms with Gasteiger partial charge in [0.1, 0.15) is 11.5 Å². The van der Waals surface area contributed by atoms with Gasteiger partial charge in [0.05, 0.1) is 10.7 Å². The summed E-state index contributed by atoms with van der Waals surface area (Å²) in [5.41, 5.74) is 2.27. The first-order valence-corrected chi connectivity index (χ1v) is 9.45. The molecule has 2 aromatic rings. The summed E-state index contributed by atoms with van der Waals surface area (Å²) in [6, 6.07) is 8.49. The fraction of sp³-hybridized carbons (Fsp3) is 0.381. The Labute approximate surface area is 164 Å². The first kappa shape index (κ1) is 19.8.